The zero-order valence-electron chi connectivity index (χ0n) is 10.8. The second kappa shape index (κ2) is 5.22. The van der Waals surface area contributed by atoms with Gasteiger partial charge in [0.05, 0.1) is 6.54 Å². The van der Waals surface area contributed by atoms with Gasteiger partial charge in [0.15, 0.2) is 5.78 Å². The Morgan fingerprint density at radius 3 is 2.53 bits per heavy atom. The number of carbonyl (C=O) groups is 2. The van der Waals surface area contributed by atoms with Crippen molar-refractivity contribution in [3.8, 4) is 0 Å². The van der Waals surface area contributed by atoms with E-state index in [1.165, 1.54) is 23.1 Å². The minimum Gasteiger partial charge on any atom is -0.354 e. The first-order valence-corrected chi connectivity index (χ1v) is 5.92. The van der Waals surface area contributed by atoms with Crippen LogP contribution in [0.2, 0.25) is 0 Å². The highest BCUT2D eigenvalue weighted by atomic mass is 19.1. The largest absolute Gasteiger partial charge is 0.354 e. The van der Waals surface area contributed by atoms with E-state index in [1.54, 1.807) is 37.3 Å². The zero-order valence-corrected chi connectivity index (χ0v) is 10.8. The molecule has 100 valence electrons. The third kappa shape index (κ3) is 2.81. The first kappa shape index (κ1) is 13.3. The Morgan fingerprint density at radius 1 is 1.32 bits per heavy atom. The minimum atomic E-state index is -0.538. The fourth-order valence-corrected chi connectivity index (χ4v) is 1.95. The predicted octanol–water partition coefficient (Wildman–Crippen LogP) is 1.35. The van der Waals surface area contributed by atoms with Crippen molar-refractivity contribution < 1.29 is 14.0 Å². The SMILES string of the molecule is CN(C)C(=O)CN1C=CC(=O)C1c1ccc(F)cc1. The average molecular weight is 262 g/mol. The van der Waals surface area contributed by atoms with Crippen LogP contribution in [0, 0.1) is 5.82 Å². The first-order chi connectivity index (χ1) is 8.99. The molecule has 2 rings (SSSR count). The molecule has 0 N–H and O–H groups in total. The normalized spacial score (nSPS) is 17.9. The molecule has 1 aromatic carbocycles. The fourth-order valence-electron chi connectivity index (χ4n) is 1.95. The van der Waals surface area contributed by atoms with E-state index >= 15 is 0 Å². The smallest absolute Gasteiger partial charge is 0.241 e. The summed E-state index contributed by atoms with van der Waals surface area (Å²) in [5, 5.41) is 0. The number of ketones is 1. The van der Waals surface area contributed by atoms with Crippen molar-refractivity contribution in [2.45, 2.75) is 6.04 Å². The molecule has 0 saturated carbocycles. The van der Waals surface area contributed by atoms with Crippen molar-refractivity contribution in [1.29, 1.82) is 0 Å². The average Bonchev–Trinajstić information content (AvgIpc) is 2.72. The topological polar surface area (TPSA) is 40.6 Å². The third-order valence-electron chi connectivity index (χ3n) is 3.03. The molecule has 19 heavy (non-hydrogen) atoms. The van der Waals surface area contributed by atoms with Crippen LogP contribution >= 0.6 is 0 Å². The molecule has 1 amide bonds. The molecule has 1 atom stereocenters. The number of benzene rings is 1. The number of rotatable bonds is 3. The monoisotopic (exact) mass is 262 g/mol. The number of amides is 1. The van der Waals surface area contributed by atoms with Crippen LogP contribution in [-0.4, -0.2) is 42.1 Å². The summed E-state index contributed by atoms with van der Waals surface area (Å²) in [5.41, 5.74) is 0.683. The van der Waals surface area contributed by atoms with E-state index in [1.807, 2.05) is 0 Å². The first-order valence-electron chi connectivity index (χ1n) is 5.92. The number of nitrogens with zero attached hydrogens (tertiary/aromatic N) is 2. The molecule has 0 aliphatic carbocycles. The summed E-state index contributed by atoms with van der Waals surface area (Å²) >= 11 is 0. The third-order valence-corrected chi connectivity index (χ3v) is 3.03. The van der Waals surface area contributed by atoms with Crippen LogP contribution in [0.1, 0.15) is 11.6 Å². The van der Waals surface area contributed by atoms with Gasteiger partial charge in [-0.2, -0.15) is 0 Å². The van der Waals surface area contributed by atoms with Gasteiger partial charge in [-0.05, 0) is 23.8 Å². The van der Waals surface area contributed by atoms with Gasteiger partial charge >= 0.3 is 0 Å². The van der Waals surface area contributed by atoms with Crippen LogP contribution in [-0.2, 0) is 9.59 Å². The molecule has 4 nitrogen and oxygen atoms in total. The van der Waals surface area contributed by atoms with Crippen LogP contribution in [0.5, 0.6) is 0 Å². The maximum Gasteiger partial charge on any atom is 0.241 e. The van der Waals surface area contributed by atoms with Crippen molar-refractivity contribution in [2.24, 2.45) is 0 Å². The summed E-state index contributed by atoms with van der Waals surface area (Å²) in [6.07, 6.45) is 3.05. The molecule has 1 aliphatic rings. The van der Waals surface area contributed by atoms with E-state index in [4.69, 9.17) is 0 Å². The second-order valence-electron chi connectivity index (χ2n) is 4.63. The van der Waals surface area contributed by atoms with Crippen LogP contribution in [0.25, 0.3) is 0 Å². The molecule has 0 aromatic heterocycles. The van der Waals surface area contributed by atoms with Gasteiger partial charge < -0.3 is 9.80 Å². The van der Waals surface area contributed by atoms with Crippen LogP contribution in [0.4, 0.5) is 4.39 Å². The van der Waals surface area contributed by atoms with Crippen molar-refractivity contribution in [2.75, 3.05) is 20.6 Å². The predicted molar refractivity (Wildman–Crippen MR) is 68.7 cm³/mol. The zero-order chi connectivity index (χ0) is 14.0. The molecule has 0 saturated heterocycles. The molecule has 0 fully saturated rings. The maximum atomic E-state index is 12.9. The number of likely N-dealkylation sites (N-methyl/N-ethyl adjacent to an activating group) is 1. The van der Waals surface area contributed by atoms with Crippen LogP contribution < -0.4 is 0 Å². The molecule has 1 aliphatic heterocycles. The van der Waals surface area contributed by atoms with E-state index in [0.29, 0.717) is 5.56 Å². The lowest BCUT2D eigenvalue weighted by molar-refractivity contribution is -0.130. The Balaban J connectivity index is 2.20. The molecule has 1 heterocycles. The van der Waals surface area contributed by atoms with E-state index in [-0.39, 0.29) is 24.1 Å². The highest BCUT2D eigenvalue weighted by Crippen LogP contribution is 2.27. The summed E-state index contributed by atoms with van der Waals surface area (Å²) in [6, 6.07) is 5.22. The lowest BCUT2D eigenvalue weighted by Crippen LogP contribution is -2.35. The van der Waals surface area contributed by atoms with E-state index < -0.39 is 6.04 Å². The quantitative estimate of drug-likeness (QED) is 0.825. The molecule has 0 radical (unpaired) electrons. The molecule has 0 spiro atoms. The van der Waals surface area contributed by atoms with Gasteiger partial charge in [-0.3, -0.25) is 9.59 Å². The molecule has 0 bridgehead atoms. The van der Waals surface area contributed by atoms with E-state index in [2.05, 4.69) is 0 Å². The van der Waals surface area contributed by atoms with Crippen molar-refractivity contribution >= 4 is 11.7 Å². The highest BCUT2D eigenvalue weighted by Gasteiger charge is 2.30. The maximum absolute atomic E-state index is 12.9. The van der Waals surface area contributed by atoms with Crippen molar-refractivity contribution in [1.82, 2.24) is 9.80 Å². The Morgan fingerprint density at radius 2 is 1.95 bits per heavy atom. The lowest BCUT2D eigenvalue weighted by atomic mass is 10.0. The number of halogens is 1. The summed E-state index contributed by atoms with van der Waals surface area (Å²) in [7, 11) is 3.33. The van der Waals surface area contributed by atoms with Crippen LogP contribution in [0.3, 0.4) is 0 Å². The minimum absolute atomic E-state index is 0.0912. The Bertz CT molecular complexity index is 523. The Kier molecular flexibility index (Phi) is 3.64. The van der Waals surface area contributed by atoms with Crippen molar-refractivity contribution in [3.63, 3.8) is 0 Å². The number of hydrogen-bond donors (Lipinski definition) is 0. The van der Waals surface area contributed by atoms with Gasteiger partial charge in [0.25, 0.3) is 0 Å². The van der Waals surface area contributed by atoms with Gasteiger partial charge in [-0.25, -0.2) is 4.39 Å². The Labute approximate surface area is 111 Å². The summed E-state index contributed by atoms with van der Waals surface area (Å²) < 4.78 is 12.9. The molecular formula is C14H15FN2O2. The standard InChI is InChI=1S/C14H15FN2O2/c1-16(2)13(19)9-17-8-7-12(18)14(17)10-3-5-11(15)6-4-10/h3-8,14H,9H2,1-2H3. The van der Waals surface area contributed by atoms with Crippen LogP contribution in [0.15, 0.2) is 36.5 Å². The molecule has 1 aromatic rings. The number of carbonyl (C=O) groups excluding carboxylic acids is 2. The second-order valence-corrected chi connectivity index (χ2v) is 4.63. The Hall–Kier alpha value is -2.17. The molecular weight excluding hydrogens is 247 g/mol. The van der Waals surface area contributed by atoms with E-state index in [0.717, 1.165) is 0 Å². The van der Waals surface area contributed by atoms with E-state index in [9.17, 15) is 14.0 Å². The van der Waals surface area contributed by atoms with Crippen molar-refractivity contribution in [3.05, 3.63) is 47.9 Å². The summed E-state index contributed by atoms with van der Waals surface area (Å²) in [5.74, 6) is -0.539. The van der Waals surface area contributed by atoms with Gasteiger partial charge in [0, 0.05) is 20.3 Å². The molecule has 5 heteroatoms. The fraction of sp³-hybridized carbons (Fsp3) is 0.286. The van der Waals surface area contributed by atoms with Gasteiger partial charge in [-0.15, -0.1) is 0 Å². The molecule has 1 unspecified atom stereocenters. The van der Waals surface area contributed by atoms with Gasteiger partial charge in [0.1, 0.15) is 11.9 Å². The van der Waals surface area contributed by atoms with Gasteiger partial charge in [0.2, 0.25) is 5.91 Å². The summed E-state index contributed by atoms with van der Waals surface area (Å²) in [4.78, 5) is 26.7. The van der Waals surface area contributed by atoms with Gasteiger partial charge in [-0.1, -0.05) is 12.1 Å². The lowest BCUT2D eigenvalue weighted by Gasteiger charge is -2.25. The number of hydrogen-bond acceptors (Lipinski definition) is 3. The summed E-state index contributed by atoms with van der Waals surface area (Å²) in [6.45, 7) is 0.122. The highest BCUT2D eigenvalue weighted by molar-refractivity contribution is 5.97.